The summed E-state index contributed by atoms with van der Waals surface area (Å²) in [5.74, 6) is -2.72. The Bertz CT molecular complexity index is 435. The van der Waals surface area contributed by atoms with Crippen LogP contribution in [0.5, 0.6) is 0 Å². The maximum Gasteiger partial charge on any atom is 0.525 e. The van der Waals surface area contributed by atoms with Gasteiger partial charge in [0.1, 0.15) is 6.61 Å². The van der Waals surface area contributed by atoms with E-state index in [0.717, 1.165) is 0 Å². The molecule has 2 unspecified atom stereocenters. The van der Waals surface area contributed by atoms with Gasteiger partial charge in [0.15, 0.2) is 0 Å². The Kier molecular flexibility index (Phi) is 5.40. The molecule has 15 heteroatoms. The molecule has 6 nitrogen and oxygen atoms in total. The summed E-state index contributed by atoms with van der Waals surface area (Å²) < 4.78 is 126. The van der Waals surface area contributed by atoms with Gasteiger partial charge in [0.05, 0.1) is 6.61 Å². The van der Waals surface area contributed by atoms with Crippen molar-refractivity contribution in [3.63, 3.8) is 0 Å². The molecule has 0 aliphatic carbocycles. The minimum Gasteiger partial charge on any atom is -0.457 e. The first kappa shape index (κ1) is 19.7. The fraction of sp³-hybridized carbons (Fsp3) is 0.875. The first-order valence-electron chi connectivity index (χ1n) is 5.22. The zero-order valence-electron chi connectivity index (χ0n) is 10.3. The second-order valence-corrected chi connectivity index (χ2v) is 3.64. The summed E-state index contributed by atoms with van der Waals surface area (Å²) >= 11 is 0. The van der Waals surface area contributed by atoms with Crippen LogP contribution in [0.2, 0.25) is 0 Å². The number of esters is 1. The van der Waals surface area contributed by atoms with Crippen LogP contribution in [0.3, 0.4) is 0 Å². The zero-order chi connectivity index (χ0) is 18.1. The minimum absolute atomic E-state index is 1.34. The number of rotatable bonds is 5. The third-order valence-electron chi connectivity index (χ3n) is 1.87. The van der Waals surface area contributed by atoms with Gasteiger partial charge in [-0.15, -0.1) is 22.0 Å². The van der Waals surface area contributed by atoms with Crippen molar-refractivity contribution in [1.82, 2.24) is 0 Å². The van der Waals surface area contributed by atoms with Gasteiger partial charge in [-0.1, -0.05) is 0 Å². The molecule has 0 aromatic carbocycles. The second-order valence-electron chi connectivity index (χ2n) is 3.64. The number of alkyl halides is 9. The van der Waals surface area contributed by atoms with Crippen molar-refractivity contribution in [3.8, 4) is 0 Å². The van der Waals surface area contributed by atoms with Crippen LogP contribution in [-0.2, 0) is 28.5 Å². The number of hydrogen-bond acceptors (Lipinski definition) is 6. The van der Waals surface area contributed by atoms with Gasteiger partial charge in [0.2, 0.25) is 0 Å². The Balaban J connectivity index is 2.59. The average molecular weight is 368 g/mol. The van der Waals surface area contributed by atoms with Crippen molar-refractivity contribution in [1.29, 1.82) is 0 Å². The number of hydrogen-bond donors (Lipinski definition) is 0. The van der Waals surface area contributed by atoms with Crippen molar-refractivity contribution in [3.05, 3.63) is 0 Å². The summed E-state index contributed by atoms with van der Waals surface area (Å²) in [6.07, 6.45) is -19.3. The Hall–Kier alpha value is -1.32. The van der Waals surface area contributed by atoms with E-state index in [1.54, 1.807) is 0 Å². The van der Waals surface area contributed by atoms with E-state index >= 15 is 0 Å². The summed E-state index contributed by atoms with van der Waals surface area (Å²) in [5.41, 5.74) is 0. The third-order valence-corrected chi connectivity index (χ3v) is 1.87. The molecule has 0 radical (unpaired) electrons. The number of carbonyl (C=O) groups excluding carboxylic acids is 1. The van der Waals surface area contributed by atoms with E-state index in [4.69, 9.17) is 0 Å². The summed E-state index contributed by atoms with van der Waals surface area (Å²) in [4.78, 5) is 10.2. The lowest BCUT2D eigenvalue weighted by atomic mass is 10.5. The zero-order valence-corrected chi connectivity index (χ0v) is 10.3. The highest BCUT2D eigenvalue weighted by Crippen LogP contribution is 2.43. The van der Waals surface area contributed by atoms with Gasteiger partial charge in [-0.05, 0) is 0 Å². The molecule has 0 spiro atoms. The first-order valence-corrected chi connectivity index (χ1v) is 5.22. The van der Waals surface area contributed by atoms with Crippen LogP contribution >= 0.6 is 0 Å². The van der Waals surface area contributed by atoms with Crippen LogP contribution in [0, 0.1) is 0 Å². The highest BCUT2D eigenvalue weighted by Gasteiger charge is 2.65. The van der Waals surface area contributed by atoms with Gasteiger partial charge < -0.3 is 9.47 Å². The van der Waals surface area contributed by atoms with E-state index in [2.05, 4.69) is 23.7 Å². The van der Waals surface area contributed by atoms with Crippen molar-refractivity contribution >= 4 is 5.97 Å². The molecule has 1 rings (SSSR count). The van der Waals surface area contributed by atoms with Gasteiger partial charge >= 0.3 is 30.8 Å². The molecule has 23 heavy (non-hydrogen) atoms. The van der Waals surface area contributed by atoms with Crippen molar-refractivity contribution in [2.24, 2.45) is 0 Å². The van der Waals surface area contributed by atoms with Crippen LogP contribution in [0.15, 0.2) is 0 Å². The Labute approximate surface area is 120 Å². The van der Waals surface area contributed by atoms with E-state index in [0.29, 0.717) is 0 Å². The summed E-state index contributed by atoms with van der Waals surface area (Å²) in [6, 6.07) is -4.32. The van der Waals surface area contributed by atoms with E-state index in [9.17, 15) is 44.3 Å². The SMILES string of the molecule is O=C(OCCOC1(F)OC(F)(F)OC1OC(F)(F)F)C(F)(F)F. The monoisotopic (exact) mass is 368 g/mol. The maximum atomic E-state index is 13.7. The molecular weight excluding hydrogens is 363 g/mol. The molecule has 1 heterocycles. The Morgan fingerprint density at radius 1 is 1.04 bits per heavy atom. The van der Waals surface area contributed by atoms with E-state index in [1.807, 2.05) is 0 Å². The highest BCUT2D eigenvalue weighted by molar-refractivity contribution is 5.75. The van der Waals surface area contributed by atoms with Gasteiger partial charge in [-0.2, -0.15) is 17.6 Å². The van der Waals surface area contributed by atoms with E-state index in [1.165, 1.54) is 0 Å². The smallest absolute Gasteiger partial charge is 0.457 e. The predicted molar refractivity (Wildman–Crippen MR) is 44.9 cm³/mol. The summed E-state index contributed by atoms with van der Waals surface area (Å²) in [5, 5.41) is 0. The predicted octanol–water partition coefficient (Wildman–Crippen LogP) is 2.19. The van der Waals surface area contributed by atoms with Crippen LogP contribution in [0.1, 0.15) is 0 Å². The van der Waals surface area contributed by atoms with Crippen molar-refractivity contribution in [2.75, 3.05) is 13.2 Å². The molecule has 1 fully saturated rings. The Morgan fingerprint density at radius 2 is 1.61 bits per heavy atom. The van der Waals surface area contributed by atoms with Gasteiger partial charge in [-0.25, -0.2) is 9.53 Å². The fourth-order valence-corrected chi connectivity index (χ4v) is 1.14. The lowest BCUT2D eigenvalue weighted by molar-refractivity contribution is -0.426. The molecule has 2 atom stereocenters. The second kappa shape index (κ2) is 6.29. The molecule has 0 saturated carbocycles. The quantitative estimate of drug-likeness (QED) is 0.421. The van der Waals surface area contributed by atoms with Gasteiger partial charge in [0.25, 0.3) is 6.29 Å². The number of ether oxygens (including phenoxy) is 5. The summed E-state index contributed by atoms with van der Waals surface area (Å²) in [7, 11) is 0. The summed E-state index contributed by atoms with van der Waals surface area (Å²) in [6.45, 7) is -2.72. The molecular formula is C8H5F9O6. The van der Waals surface area contributed by atoms with Crippen LogP contribution in [0.25, 0.3) is 0 Å². The third kappa shape index (κ3) is 6.00. The van der Waals surface area contributed by atoms with Crippen LogP contribution < -0.4 is 0 Å². The molecule has 1 aliphatic heterocycles. The van der Waals surface area contributed by atoms with Crippen LogP contribution in [0.4, 0.5) is 39.5 Å². The molecule has 0 aromatic heterocycles. The largest absolute Gasteiger partial charge is 0.525 e. The minimum atomic E-state index is -5.63. The molecule has 0 bridgehead atoms. The fourth-order valence-electron chi connectivity index (χ4n) is 1.14. The first-order chi connectivity index (χ1) is 10.1. The number of carbonyl (C=O) groups is 1. The van der Waals surface area contributed by atoms with Crippen molar-refractivity contribution < 1.29 is 68.0 Å². The normalized spacial score (nSPS) is 28.0. The lowest BCUT2D eigenvalue weighted by Gasteiger charge is -2.23. The molecule has 1 saturated heterocycles. The average Bonchev–Trinajstić information content (AvgIpc) is 2.51. The van der Waals surface area contributed by atoms with Crippen molar-refractivity contribution in [2.45, 2.75) is 31.2 Å². The standard InChI is InChI=1S/C8H5F9O6/c9-5(10,11)3(18)19-1-2-20-6(12)4(21-7(13,14)15)22-8(16,17)23-6/h4H,1-2H2. The van der Waals surface area contributed by atoms with Gasteiger partial charge in [-0.3, -0.25) is 9.47 Å². The molecule has 0 amide bonds. The molecule has 1 aliphatic rings. The lowest BCUT2D eigenvalue weighted by Crippen LogP contribution is -2.43. The van der Waals surface area contributed by atoms with Crippen LogP contribution in [-0.4, -0.2) is 50.3 Å². The molecule has 0 aromatic rings. The number of halogens is 9. The maximum absolute atomic E-state index is 13.7. The molecule has 0 N–H and O–H groups in total. The van der Waals surface area contributed by atoms with E-state index < -0.39 is 50.3 Å². The molecule has 136 valence electrons. The highest BCUT2D eigenvalue weighted by atomic mass is 19.4. The Morgan fingerprint density at radius 3 is 2.09 bits per heavy atom. The topological polar surface area (TPSA) is 63.2 Å². The van der Waals surface area contributed by atoms with E-state index in [-0.39, 0.29) is 0 Å². The van der Waals surface area contributed by atoms with Gasteiger partial charge in [0, 0.05) is 0 Å².